The molecule has 0 unspecified atom stereocenters. The van der Waals surface area contributed by atoms with Crippen LogP contribution in [-0.2, 0) is 6.42 Å². The van der Waals surface area contributed by atoms with Gasteiger partial charge in [-0.05, 0) is 82.8 Å². The van der Waals surface area contributed by atoms with Crippen LogP contribution < -0.4 is 9.64 Å². The van der Waals surface area contributed by atoms with Gasteiger partial charge in [0, 0.05) is 25.3 Å². The summed E-state index contributed by atoms with van der Waals surface area (Å²) in [7, 11) is 0. The number of piperidine rings is 1. The van der Waals surface area contributed by atoms with E-state index in [-0.39, 0.29) is 0 Å². The van der Waals surface area contributed by atoms with E-state index in [1.807, 2.05) is 0 Å². The van der Waals surface area contributed by atoms with Crippen molar-refractivity contribution < 1.29 is 4.74 Å². The minimum atomic E-state index is 0.827. The third-order valence-electron chi connectivity index (χ3n) is 5.73. The predicted molar refractivity (Wildman–Crippen MR) is 116 cm³/mol. The summed E-state index contributed by atoms with van der Waals surface area (Å²) in [6.07, 6.45) is 14.0. The van der Waals surface area contributed by atoms with Gasteiger partial charge in [-0.2, -0.15) is 0 Å². The molecule has 0 radical (unpaired) electrons. The van der Waals surface area contributed by atoms with Gasteiger partial charge < -0.3 is 14.5 Å². The molecule has 0 N–H and O–H groups in total. The van der Waals surface area contributed by atoms with Gasteiger partial charge in [-0.25, -0.2) is 0 Å². The number of hydrogen-bond acceptors (Lipinski definition) is 3. The maximum atomic E-state index is 6.04. The van der Waals surface area contributed by atoms with Crippen LogP contribution in [0.3, 0.4) is 0 Å². The highest BCUT2D eigenvalue weighted by atomic mass is 16.5. The van der Waals surface area contributed by atoms with Crippen LogP contribution in [0.2, 0.25) is 0 Å². The Bertz CT molecular complexity index is 644. The van der Waals surface area contributed by atoms with Crippen LogP contribution >= 0.6 is 0 Å². The quantitative estimate of drug-likeness (QED) is 0.439. The van der Waals surface area contributed by atoms with Crippen LogP contribution in [0.4, 0.5) is 5.69 Å². The number of fused-ring (bicyclic) bond motifs is 1. The fraction of sp³-hybridized carbons (Fsp3) is 0.583. The largest absolute Gasteiger partial charge is 0.494 e. The summed E-state index contributed by atoms with van der Waals surface area (Å²) in [6.45, 7) is 11.1. The molecule has 3 nitrogen and oxygen atoms in total. The zero-order valence-corrected chi connectivity index (χ0v) is 17.3. The first-order valence-electron chi connectivity index (χ1n) is 10.8. The van der Waals surface area contributed by atoms with Gasteiger partial charge in [0.1, 0.15) is 5.75 Å². The molecule has 3 heteroatoms. The molecule has 3 rings (SSSR count). The number of allylic oxidation sites excluding steroid dienone is 3. The summed E-state index contributed by atoms with van der Waals surface area (Å²) in [5, 5.41) is 0. The molecule has 2 aliphatic heterocycles. The van der Waals surface area contributed by atoms with Crippen molar-refractivity contribution in [1.82, 2.24) is 4.90 Å². The van der Waals surface area contributed by atoms with E-state index in [1.54, 1.807) is 0 Å². The normalized spacial score (nSPS) is 18.3. The first kappa shape index (κ1) is 20.0. The van der Waals surface area contributed by atoms with Crippen molar-refractivity contribution in [1.29, 1.82) is 0 Å². The molecule has 0 aliphatic carbocycles. The molecule has 2 aliphatic rings. The van der Waals surface area contributed by atoms with Crippen LogP contribution in [0.25, 0.3) is 0 Å². The minimum absolute atomic E-state index is 0.827. The summed E-state index contributed by atoms with van der Waals surface area (Å²) in [5.74, 6) is 1.04. The molecular formula is C24H36N2O. The first-order chi connectivity index (χ1) is 13.3. The molecule has 0 spiro atoms. The van der Waals surface area contributed by atoms with E-state index in [1.165, 1.54) is 55.7 Å². The predicted octanol–water partition coefficient (Wildman–Crippen LogP) is 5.22. The average molecular weight is 369 g/mol. The first-order valence-corrected chi connectivity index (χ1v) is 10.8. The van der Waals surface area contributed by atoms with Crippen molar-refractivity contribution >= 4 is 5.69 Å². The molecule has 0 amide bonds. The van der Waals surface area contributed by atoms with E-state index >= 15 is 0 Å². The number of benzene rings is 1. The number of ether oxygens (including phenoxy) is 1. The number of nitrogens with zero attached hydrogens (tertiary/aromatic N) is 2. The second kappa shape index (κ2) is 10.6. The fourth-order valence-corrected chi connectivity index (χ4v) is 4.08. The molecule has 1 saturated heterocycles. The van der Waals surface area contributed by atoms with Crippen LogP contribution in [0.1, 0.15) is 51.5 Å². The highest BCUT2D eigenvalue weighted by Gasteiger charge is 2.19. The molecule has 0 atom stereocenters. The lowest BCUT2D eigenvalue weighted by atomic mass is 10.1. The highest BCUT2D eigenvalue weighted by Crippen LogP contribution is 2.31. The minimum Gasteiger partial charge on any atom is -0.494 e. The topological polar surface area (TPSA) is 15.7 Å². The molecule has 0 saturated carbocycles. The Morgan fingerprint density at radius 2 is 1.96 bits per heavy atom. The Morgan fingerprint density at radius 3 is 2.78 bits per heavy atom. The molecule has 1 aromatic rings. The SMILES string of the molecule is C/C=C\C=C(/C)CCN1CCc2cc(OCCCN3CCCCC3)ccc21. The number of likely N-dealkylation sites (tertiary alicyclic amines) is 1. The van der Waals surface area contributed by atoms with Crippen molar-refractivity contribution in [2.75, 3.05) is 44.2 Å². The van der Waals surface area contributed by atoms with Gasteiger partial charge in [-0.15, -0.1) is 0 Å². The van der Waals surface area contributed by atoms with Crippen LogP contribution in [-0.4, -0.2) is 44.2 Å². The summed E-state index contributed by atoms with van der Waals surface area (Å²) in [5.41, 5.74) is 4.28. The van der Waals surface area contributed by atoms with E-state index in [4.69, 9.17) is 4.74 Å². The van der Waals surface area contributed by atoms with Crippen LogP contribution in [0.5, 0.6) is 5.75 Å². The van der Waals surface area contributed by atoms with Crippen LogP contribution in [0, 0.1) is 0 Å². The number of hydrogen-bond donors (Lipinski definition) is 0. The molecule has 0 bridgehead atoms. The molecule has 0 aromatic heterocycles. The lowest BCUT2D eigenvalue weighted by Crippen LogP contribution is -2.31. The fourth-order valence-electron chi connectivity index (χ4n) is 4.08. The van der Waals surface area contributed by atoms with E-state index in [2.05, 4.69) is 60.1 Å². The zero-order chi connectivity index (χ0) is 18.9. The monoisotopic (exact) mass is 368 g/mol. The Morgan fingerprint density at radius 1 is 1.11 bits per heavy atom. The van der Waals surface area contributed by atoms with E-state index < -0.39 is 0 Å². The standard InChI is InChI=1S/C24H36N2O/c1-3-4-9-21(2)12-17-26-18-13-22-20-23(10-11-24(22)26)27-19-8-16-25-14-6-5-7-15-25/h3-4,9-11,20H,5-8,12-19H2,1-2H3/b4-3-,21-9+. The van der Waals surface area contributed by atoms with Gasteiger partial charge in [0.15, 0.2) is 0 Å². The van der Waals surface area contributed by atoms with Gasteiger partial charge in [-0.1, -0.05) is 30.2 Å². The van der Waals surface area contributed by atoms with Crippen molar-refractivity contribution in [2.24, 2.45) is 0 Å². The molecule has 148 valence electrons. The third-order valence-corrected chi connectivity index (χ3v) is 5.73. The Kier molecular flexibility index (Phi) is 7.82. The lowest BCUT2D eigenvalue weighted by Gasteiger charge is -2.26. The van der Waals surface area contributed by atoms with Crippen molar-refractivity contribution in [3.8, 4) is 5.75 Å². The Labute approximate surface area is 165 Å². The summed E-state index contributed by atoms with van der Waals surface area (Å²) in [6, 6.07) is 6.67. The van der Waals surface area contributed by atoms with E-state index in [0.717, 1.165) is 44.7 Å². The molecular weight excluding hydrogens is 332 g/mol. The van der Waals surface area contributed by atoms with Crippen molar-refractivity contribution in [3.05, 3.63) is 47.6 Å². The maximum Gasteiger partial charge on any atom is 0.119 e. The van der Waals surface area contributed by atoms with Crippen molar-refractivity contribution in [2.45, 2.75) is 52.4 Å². The van der Waals surface area contributed by atoms with Gasteiger partial charge in [0.2, 0.25) is 0 Å². The highest BCUT2D eigenvalue weighted by molar-refractivity contribution is 5.60. The molecule has 1 aromatic carbocycles. The second-order valence-electron chi connectivity index (χ2n) is 7.92. The molecule has 27 heavy (non-hydrogen) atoms. The van der Waals surface area contributed by atoms with Gasteiger partial charge in [0.25, 0.3) is 0 Å². The number of rotatable bonds is 9. The molecule has 2 heterocycles. The maximum absolute atomic E-state index is 6.04. The summed E-state index contributed by atoms with van der Waals surface area (Å²) in [4.78, 5) is 5.10. The summed E-state index contributed by atoms with van der Waals surface area (Å²) < 4.78 is 6.04. The van der Waals surface area contributed by atoms with Gasteiger partial charge in [0.05, 0.1) is 6.61 Å². The Hall–Kier alpha value is -1.74. The number of anilines is 1. The lowest BCUT2D eigenvalue weighted by molar-refractivity contribution is 0.205. The van der Waals surface area contributed by atoms with Crippen LogP contribution in [0.15, 0.2) is 42.0 Å². The third kappa shape index (κ3) is 6.14. The zero-order valence-electron chi connectivity index (χ0n) is 17.3. The Balaban J connectivity index is 1.43. The van der Waals surface area contributed by atoms with Gasteiger partial charge >= 0.3 is 0 Å². The van der Waals surface area contributed by atoms with E-state index in [0.29, 0.717) is 0 Å². The average Bonchev–Trinajstić information content (AvgIpc) is 3.11. The van der Waals surface area contributed by atoms with Gasteiger partial charge in [-0.3, -0.25) is 0 Å². The smallest absolute Gasteiger partial charge is 0.119 e. The van der Waals surface area contributed by atoms with Crippen molar-refractivity contribution in [3.63, 3.8) is 0 Å². The second-order valence-corrected chi connectivity index (χ2v) is 7.92. The summed E-state index contributed by atoms with van der Waals surface area (Å²) >= 11 is 0. The van der Waals surface area contributed by atoms with E-state index in [9.17, 15) is 0 Å². The molecule has 1 fully saturated rings.